The molecule has 176 valence electrons. The topological polar surface area (TPSA) is 0 Å². The second-order valence-electron chi connectivity index (χ2n) is 9.95. The first kappa shape index (κ1) is 23.6. The molecule has 6 aromatic carbocycles. The van der Waals surface area contributed by atoms with Crippen LogP contribution in [0.2, 0.25) is 0 Å². The Morgan fingerprint density at radius 3 is 1.17 bits per heavy atom. The summed E-state index contributed by atoms with van der Waals surface area (Å²) in [5, 5.41) is 12.5. The van der Waals surface area contributed by atoms with Gasteiger partial charge >= 0.3 is 0 Å². The van der Waals surface area contributed by atoms with Gasteiger partial charge in [0.25, 0.3) is 0 Å². The summed E-state index contributed by atoms with van der Waals surface area (Å²) in [7, 11) is 0. The van der Waals surface area contributed by atoms with Gasteiger partial charge in [-0.25, -0.2) is 0 Å². The van der Waals surface area contributed by atoms with Gasteiger partial charge in [-0.05, 0) is 116 Å². The van der Waals surface area contributed by atoms with E-state index in [0.29, 0.717) is 0 Å². The maximum absolute atomic E-state index is 4.14. The van der Waals surface area contributed by atoms with Crippen LogP contribution in [-0.2, 0) is 0 Å². The predicted octanol–water partition coefficient (Wildman–Crippen LogP) is 8.17. The molecule has 0 fully saturated rings. The van der Waals surface area contributed by atoms with E-state index in [-0.39, 0.29) is 0 Å². The van der Waals surface area contributed by atoms with Crippen molar-refractivity contribution in [2.45, 2.75) is 27.7 Å². The van der Waals surface area contributed by atoms with Crippen LogP contribution in [0.1, 0.15) is 22.3 Å². The van der Waals surface area contributed by atoms with Crippen LogP contribution in [-0.4, -0.2) is 0 Å². The molecule has 0 heterocycles. The molecule has 0 aliphatic rings. The molecule has 0 aliphatic heterocycles. The monoisotopic (exact) mass is 464 g/mol. The van der Waals surface area contributed by atoms with E-state index in [9.17, 15) is 0 Å². The molecule has 0 aliphatic carbocycles. The first-order chi connectivity index (χ1) is 17.3. The fourth-order valence-corrected chi connectivity index (χ4v) is 4.90. The van der Waals surface area contributed by atoms with E-state index in [4.69, 9.17) is 0 Å². The summed E-state index contributed by atoms with van der Waals surface area (Å²) in [5.74, 6) is 0. The van der Waals surface area contributed by atoms with Gasteiger partial charge in [-0.1, -0.05) is 97.1 Å². The standard InChI is InChI=1S/C20H16.C16H16/c1-13-3-5-15-9-20-12-18-8-14(2)4-6-16(18)10-19(20)11-17(15)7-13;1-11-7-5-9-15(13(11)3)16-10-6-8-12(2)14(16)4/h3-12H,1-2H3;5-10H,3-4H2,1-2H3/b;16-15-. The first-order valence-electron chi connectivity index (χ1n) is 12.5. The third-order valence-corrected chi connectivity index (χ3v) is 7.17. The highest BCUT2D eigenvalue weighted by Crippen LogP contribution is 2.28. The lowest BCUT2D eigenvalue weighted by molar-refractivity contribution is 1.31. The van der Waals surface area contributed by atoms with E-state index in [1.807, 2.05) is 0 Å². The van der Waals surface area contributed by atoms with Crippen molar-refractivity contribution in [3.05, 3.63) is 140 Å². The Morgan fingerprint density at radius 2 is 0.750 bits per heavy atom. The van der Waals surface area contributed by atoms with Crippen LogP contribution in [0, 0.1) is 38.1 Å². The lowest BCUT2D eigenvalue weighted by Crippen LogP contribution is -2.11. The fraction of sp³-hybridized carbons (Fsp3) is 0.111. The lowest BCUT2D eigenvalue weighted by Gasteiger charge is -2.06. The maximum atomic E-state index is 4.14. The van der Waals surface area contributed by atoms with E-state index < -0.39 is 0 Å². The van der Waals surface area contributed by atoms with Crippen molar-refractivity contribution in [1.82, 2.24) is 0 Å². The minimum atomic E-state index is 1.10. The quantitative estimate of drug-likeness (QED) is 0.199. The lowest BCUT2D eigenvalue weighted by atomic mass is 9.98. The van der Waals surface area contributed by atoms with Crippen molar-refractivity contribution in [2.75, 3.05) is 0 Å². The van der Waals surface area contributed by atoms with Gasteiger partial charge in [-0.2, -0.15) is 0 Å². The maximum Gasteiger partial charge on any atom is -0.0109 e. The largest absolute Gasteiger partial charge is 0.0909 e. The van der Waals surface area contributed by atoms with Crippen LogP contribution in [0.25, 0.3) is 45.5 Å². The molecule has 0 nitrogen and oxygen atoms in total. The van der Waals surface area contributed by atoms with E-state index >= 15 is 0 Å². The molecule has 0 heteroatoms. The molecule has 0 N–H and O–H groups in total. The molecule has 0 amide bonds. The molecule has 0 bridgehead atoms. The van der Waals surface area contributed by atoms with Gasteiger partial charge in [-0.15, -0.1) is 0 Å². The van der Waals surface area contributed by atoms with Gasteiger partial charge in [0.15, 0.2) is 0 Å². The number of fused-ring (bicyclic) bond motifs is 3. The number of hydrogen-bond donors (Lipinski definition) is 0. The Kier molecular flexibility index (Phi) is 6.20. The number of hydrogen-bond acceptors (Lipinski definition) is 0. The van der Waals surface area contributed by atoms with E-state index in [0.717, 1.165) is 10.4 Å². The molecule has 36 heavy (non-hydrogen) atoms. The zero-order chi connectivity index (χ0) is 25.4. The highest BCUT2D eigenvalue weighted by Gasteiger charge is 2.02. The van der Waals surface area contributed by atoms with Crippen LogP contribution >= 0.6 is 0 Å². The number of rotatable bonds is 0. The normalized spacial score (nSPS) is 12.0. The molecule has 0 spiro atoms. The fourth-order valence-electron chi connectivity index (χ4n) is 4.90. The third-order valence-electron chi connectivity index (χ3n) is 7.17. The van der Waals surface area contributed by atoms with Crippen molar-refractivity contribution in [3.8, 4) is 0 Å². The highest BCUT2D eigenvalue weighted by molar-refractivity contribution is 6.04. The van der Waals surface area contributed by atoms with E-state index in [1.165, 1.54) is 65.0 Å². The van der Waals surface area contributed by atoms with Crippen LogP contribution in [0.4, 0.5) is 0 Å². The molecule has 0 saturated heterocycles. The molecule has 0 aromatic heterocycles. The first-order valence-corrected chi connectivity index (χ1v) is 12.5. The summed E-state index contributed by atoms with van der Waals surface area (Å²) in [6.07, 6.45) is 0. The molecule has 0 radical (unpaired) electrons. The molecular formula is C36H32. The van der Waals surface area contributed by atoms with Crippen molar-refractivity contribution in [3.63, 3.8) is 0 Å². The van der Waals surface area contributed by atoms with E-state index in [2.05, 4.69) is 138 Å². The summed E-state index contributed by atoms with van der Waals surface area (Å²) < 4.78 is 0. The van der Waals surface area contributed by atoms with Crippen molar-refractivity contribution < 1.29 is 0 Å². The summed E-state index contributed by atoms with van der Waals surface area (Å²) in [4.78, 5) is 0. The Bertz CT molecular complexity index is 1810. The summed E-state index contributed by atoms with van der Waals surface area (Å²) in [6, 6.07) is 35.0. The van der Waals surface area contributed by atoms with Crippen LogP contribution in [0.15, 0.2) is 97.1 Å². The molecule has 0 atom stereocenters. The van der Waals surface area contributed by atoms with Gasteiger partial charge < -0.3 is 0 Å². The summed E-state index contributed by atoms with van der Waals surface area (Å²) in [6.45, 7) is 16.7. The Balaban J connectivity index is 0.000000152. The molecular weight excluding hydrogens is 432 g/mol. The van der Waals surface area contributed by atoms with Gasteiger partial charge in [-0.3, -0.25) is 0 Å². The SMILES string of the molecule is C=c1c(C)ccc/c1=c1\cccc(C)c1=C.Cc1ccc2cc3cc4cc(C)ccc4cc3cc2c1. The second kappa shape index (κ2) is 9.47. The zero-order valence-electron chi connectivity index (χ0n) is 21.7. The molecule has 6 aromatic rings. The third kappa shape index (κ3) is 4.55. The average molecular weight is 465 g/mol. The van der Waals surface area contributed by atoms with E-state index in [1.54, 1.807) is 0 Å². The van der Waals surface area contributed by atoms with Crippen molar-refractivity contribution >= 4 is 45.5 Å². The highest BCUT2D eigenvalue weighted by atomic mass is 14.1. The predicted molar refractivity (Wildman–Crippen MR) is 159 cm³/mol. The minimum absolute atomic E-state index is 1.10. The van der Waals surface area contributed by atoms with Gasteiger partial charge in [0.1, 0.15) is 0 Å². The second-order valence-corrected chi connectivity index (χ2v) is 9.95. The smallest absolute Gasteiger partial charge is 0.0109 e. The van der Waals surface area contributed by atoms with Crippen LogP contribution in [0.3, 0.4) is 0 Å². The zero-order valence-corrected chi connectivity index (χ0v) is 21.7. The van der Waals surface area contributed by atoms with Gasteiger partial charge in [0.05, 0.1) is 0 Å². The Hall–Kier alpha value is -4.16. The molecule has 6 rings (SSSR count). The van der Waals surface area contributed by atoms with Crippen LogP contribution in [0.5, 0.6) is 0 Å². The van der Waals surface area contributed by atoms with Gasteiger partial charge in [0, 0.05) is 0 Å². The minimum Gasteiger partial charge on any atom is -0.0909 e. The van der Waals surface area contributed by atoms with Gasteiger partial charge in [0.2, 0.25) is 0 Å². The Labute approximate surface area is 213 Å². The van der Waals surface area contributed by atoms with Crippen molar-refractivity contribution in [2.24, 2.45) is 0 Å². The Morgan fingerprint density at radius 1 is 0.389 bits per heavy atom. The number of aryl methyl sites for hydroxylation is 4. The average Bonchev–Trinajstić information content (AvgIpc) is 2.85. The number of benzene rings is 6. The molecule has 0 saturated carbocycles. The summed E-state index contributed by atoms with van der Waals surface area (Å²) in [5.41, 5.74) is 5.07. The van der Waals surface area contributed by atoms with Crippen molar-refractivity contribution in [1.29, 1.82) is 0 Å². The summed E-state index contributed by atoms with van der Waals surface area (Å²) >= 11 is 0. The van der Waals surface area contributed by atoms with Crippen LogP contribution < -0.4 is 10.4 Å². The molecule has 0 unspecified atom stereocenters.